The number of hydrogen-bond donors (Lipinski definition) is 0. The number of hydrogen-bond acceptors (Lipinski definition) is 4. The van der Waals surface area contributed by atoms with Gasteiger partial charge in [-0.3, -0.25) is 4.79 Å². The highest BCUT2D eigenvalue weighted by molar-refractivity contribution is 5.73. The smallest absolute Gasteiger partial charge is 0.311 e. The van der Waals surface area contributed by atoms with Crippen molar-refractivity contribution in [2.24, 2.45) is 11.8 Å². The highest BCUT2D eigenvalue weighted by atomic mass is 16.6. The second-order valence-electron chi connectivity index (χ2n) is 8.20. The first-order valence-corrected chi connectivity index (χ1v) is 9.61. The van der Waals surface area contributed by atoms with Gasteiger partial charge >= 0.3 is 5.97 Å². The minimum atomic E-state index is -0.161. The zero-order valence-corrected chi connectivity index (χ0v) is 16.0. The molecule has 5 atom stereocenters. The molecule has 4 heteroatoms. The molecule has 0 bridgehead atoms. The Morgan fingerprint density at radius 1 is 1.24 bits per heavy atom. The van der Waals surface area contributed by atoms with Gasteiger partial charge in [-0.2, -0.15) is 0 Å². The number of methoxy groups -OCH3 is 1. The first-order valence-electron chi connectivity index (χ1n) is 9.61. The van der Waals surface area contributed by atoms with E-state index in [0.717, 1.165) is 38.5 Å². The van der Waals surface area contributed by atoms with Crippen LogP contribution in [0.3, 0.4) is 0 Å². The Morgan fingerprint density at radius 2 is 2.00 bits per heavy atom. The fourth-order valence-corrected chi connectivity index (χ4v) is 4.36. The number of epoxide rings is 1. The van der Waals surface area contributed by atoms with Crippen molar-refractivity contribution < 1.29 is 19.0 Å². The second kappa shape index (κ2) is 7.63. The van der Waals surface area contributed by atoms with Crippen LogP contribution in [-0.4, -0.2) is 37.5 Å². The molecule has 0 aromatic rings. The molecule has 0 spiro atoms. The van der Waals surface area contributed by atoms with Crippen LogP contribution in [0.4, 0.5) is 0 Å². The van der Waals surface area contributed by atoms with Crippen LogP contribution in [0.5, 0.6) is 0 Å². The number of ether oxygens (including phenoxy) is 3. The number of allylic oxidation sites excluding steroid dienone is 3. The SMILES string of the molecule is COC(=O)[C@H]1CO[C@H]2CC(C)=CCCC(C)=CCC[C@@]3(C)O[C@H]3C[C@H]21. The number of esters is 1. The van der Waals surface area contributed by atoms with E-state index < -0.39 is 0 Å². The molecule has 0 aromatic heterocycles. The summed E-state index contributed by atoms with van der Waals surface area (Å²) in [6.45, 7) is 7.07. The molecule has 25 heavy (non-hydrogen) atoms. The Kier molecular flexibility index (Phi) is 5.69. The molecule has 2 fully saturated rings. The van der Waals surface area contributed by atoms with Gasteiger partial charge in [0.25, 0.3) is 0 Å². The third-order valence-electron chi connectivity index (χ3n) is 6.20. The molecule has 1 aliphatic carbocycles. The molecule has 0 unspecified atom stereocenters. The van der Waals surface area contributed by atoms with Gasteiger partial charge in [0.2, 0.25) is 0 Å². The van der Waals surface area contributed by atoms with Crippen molar-refractivity contribution in [3.05, 3.63) is 23.3 Å². The summed E-state index contributed by atoms with van der Waals surface area (Å²) in [4.78, 5) is 12.2. The van der Waals surface area contributed by atoms with Crippen molar-refractivity contribution in [1.82, 2.24) is 0 Å². The summed E-state index contributed by atoms with van der Waals surface area (Å²) in [5, 5.41) is 0. The molecule has 0 saturated carbocycles. The molecule has 4 nitrogen and oxygen atoms in total. The van der Waals surface area contributed by atoms with Crippen molar-refractivity contribution in [2.45, 2.75) is 77.1 Å². The van der Waals surface area contributed by atoms with Crippen LogP contribution in [0.15, 0.2) is 23.3 Å². The summed E-state index contributed by atoms with van der Waals surface area (Å²) in [5.74, 6) is -0.120. The number of carbonyl (C=O) groups is 1. The summed E-state index contributed by atoms with van der Waals surface area (Å²) in [6.07, 6.45) is 11.1. The van der Waals surface area contributed by atoms with Gasteiger partial charge in [-0.15, -0.1) is 0 Å². The standard InChI is InChI=1S/C21H32O4/c1-14-7-5-8-15(2)11-18-16(17(13-24-18)20(22)23-4)12-19-21(3,25-19)10-6-9-14/h8-9,16-19H,5-7,10-13H2,1-4H3/t16-,17-,18-,19-,21+/m0/s1. The molecular weight excluding hydrogens is 316 g/mol. The molecule has 3 aliphatic rings. The quantitative estimate of drug-likeness (QED) is 0.405. The molecule has 0 aromatic carbocycles. The molecule has 2 heterocycles. The van der Waals surface area contributed by atoms with Crippen LogP contribution in [0.2, 0.25) is 0 Å². The van der Waals surface area contributed by atoms with Gasteiger partial charge < -0.3 is 14.2 Å². The average molecular weight is 348 g/mol. The summed E-state index contributed by atoms with van der Waals surface area (Å²) < 4.78 is 17.1. The maximum absolute atomic E-state index is 12.2. The summed E-state index contributed by atoms with van der Waals surface area (Å²) in [5.41, 5.74) is 2.77. The highest BCUT2D eigenvalue weighted by Gasteiger charge is 2.55. The third kappa shape index (κ3) is 4.35. The maximum atomic E-state index is 12.2. The Labute approximate surface area is 151 Å². The van der Waals surface area contributed by atoms with Gasteiger partial charge in [0, 0.05) is 5.92 Å². The maximum Gasteiger partial charge on any atom is 0.311 e. The van der Waals surface area contributed by atoms with Gasteiger partial charge in [-0.1, -0.05) is 23.3 Å². The Hall–Kier alpha value is -1.13. The van der Waals surface area contributed by atoms with E-state index in [0.29, 0.717) is 6.61 Å². The molecule has 0 amide bonds. The van der Waals surface area contributed by atoms with E-state index in [2.05, 4.69) is 32.9 Å². The lowest BCUT2D eigenvalue weighted by atomic mass is 9.82. The predicted octanol–water partition coefficient (Wildman–Crippen LogP) is 4.19. The first-order chi connectivity index (χ1) is 11.9. The van der Waals surface area contributed by atoms with E-state index in [1.165, 1.54) is 18.3 Å². The Morgan fingerprint density at radius 3 is 2.76 bits per heavy atom. The van der Waals surface area contributed by atoms with Crippen molar-refractivity contribution in [1.29, 1.82) is 0 Å². The van der Waals surface area contributed by atoms with Gasteiger partial charge in [0.1, 0.15) is 0 Å². The lowest BCUT2D eigenvalue weighted by molar-refractivity contribution is -0.146. The lowest BCUT2D eigenvalue weighted by Gasteiger charge is -2.22. The van der Waals surface area contributed by atoms with Crippen LogP contribution < -0.4 is 0 Å². The van der Waals surface area contributed by atoms with E-state index in [-0.39, 0.29) is 35.6 Å². The minimum absolute atomic E-state index is 0.0421. The zero-order valence-electron chi connectivity index (χ0n) is 16.0. The predicted molar refractivity (Wildman–Crippen MR) is 97.2 cm³/mol. The van der Waals surface area contributed by atoms with E-state index in [9.17, 15) is 4.79 Å². The van der Waals surface area contributed by atoms with Crippen LogP contribution in [0, 0.1) is 11.8 Å². The van der Waals surface area contributed by atoms with E-state index in [1.54, 1.807) is 0 Å². The number of carbonyl (C=O) groups excluding carboxylic acids is 1. The van der Waals surface area contributed by atoms with Gasteiger partial charge in [-0.05, 0) is 59.3 Å². The largest absolute Gasteiger partial charge is 0.469 e. The average Bonchev–Trinajstić information content (AvgIpc) is 3.03. The Bertz CT molecular complexity index is 564. The Balaban J connectivity index is 1.78. The van der Waals surface area contributed by atoms with Gasteiger partial charge in [0.05, 0.1) is 37.4 Å². The highest BCUT2D eigenvalue weighted by Crippen LogP contribution is 2.47. The summed E-state index contributed by atoms with van der Waals surface area (Å²) in [7, 11) is 1.47. The topological polar surface area (TPSA) is 48.1 Å². The van der Waals surface area contributed by atoms with Gasteiger partial charge in [-0.25, -0.2) is 0 Å². The molecular formula is C21H32O4. The van der Waals surface area contributed by atoms with Gasteiger partial charge in [0.15, 0.2) is 0 Å². The fraction of sp³-hybridized carbons (Fsp3) is 0.762. The molecule has 140 valence electrons. The normalized spacial score (nSPS) is 39.4. The third-order valence-corrected chi connectivity index (χ3v) is 6.20. The fourth-order valence-electron chi connectivity index (χ4n) is 4.36. The van der Waals surface area contributed by atoms with E-state index in [4.69, 9.17) is 14.2 Å². The molecule has 2 aliphatic heterocycles. The molecule has 3 rings (SSSR count). The molecule has 0 N–H and O–H groups in total. The summed E-state index contributed by atoms with van der Waals surface area (Å²) in [6, 6.07) is 0. The van der Waals surface area contributed by atoms with Crippen LogP contribution in [0.25, 0.3) is 0 Å². The van der Waals surface area contributed by atoms with E-state index >= 15 is 0 Å². The number of rotatable bonds is 1. The van der Waals surface area contributed by atoms with Crippen molar-refractivity contribution in [3.63, 3.8) is 0 Å². The monoisotopic (exact) mass is 348 g/mol. The summed E-state index contributed by atoms with van der Waals surface area (Å²) >= 11 is 0. The van der Waals surface area contributed by atoms with Crippen molar-refractivity contribution in [2.75, 3.05) is 13.7 Å². The lowest BCUT2D eigenvalue weighted by Crippen LogP contribution is -2.29. The van der Waals surface area contributed by atoms with E-state index in [1.807, 2.05) is 0 Å². The number of fused-ring (bicyclic) bond motifs is 2. The zero-order chi connectivity index (χ0) is 18.0. The second-order valence-corrected chi connectivity index (χ2v) is 8.20. The van der Waals surface area contributed by atoms with Crippen LogP contribution in [-0.2, 0) is 19.0 Å². The molecule has 2 saturated heterocycles. The minimum Gasteiger partial charge on any atom is -0.469 e. The van der Waals surface area contributed by atoms with Crippen LogP contribution >= 0.6 is 0 Å². The van der Waals surface area contributed by atoms with Crippen molar-refractivity contribution >= 4 is 5.97 Å². The first kappa shape index (κ1) is 18.7. The molecule has 0 radical (unpaired) electrons. The van der Waals surface area contributed by atoms with Crippen molar-refractivity contribution in [3.8, 4) is 0 Å². The van der Waals surface area contributed by atoms with Crippen LogP contribution in [0.1, 0.15) is 59.3 Å².